The molecule has 2 aromatic rings. The molecule has 0 bridgehead atoms. The van der Waals surface area contributed by atoms with E-state index in [9.17, 15) is 22.0 Å². The maximum atomic E-state index is 13.6. The highest BCUT2D eigenvalue weighted by Gasteiger charge is 2.25. The number of carbonyl (C=O) groups is 1. The fourth-order valence-electron chi connectivity index (χ4n) is 2.17. The topological polar surface area (TPSA) is 66.5 Å². The minimum atomic E-state index is -3.87. The molecule has 0 unspecified atom stereocenters. The van der Waals surface area contributed by atoms with E-state index in [-0.39, 0.29) is 17.1 Å². The second-order valence-electron chi connectivity index (χ2n) is 5.42. The first-order valence-corrected chi connectivity index (χ1v) is 8.99. The number of halogens is 2. The highest BCUT2D eigenvalue weighted by molar-refractivity contribution is 7.89. The largest absolute Gasteiger partial charge is 0.322 e. The Labute approximate surface area is 145 Å². The van der Waals surface area contributed by atoms with Gasteiger partial charge in [0, 0.05) is 12.6 Å². The molecule has 0 spiro atoms. The molecule has 0 saturated heterocycles. The van der Waals surface area contributed by atoms with Gasteiger partial charge < -0.3 is 5.32 Å². The summed E-state index contributed by atoms with van der Waals surface area (Å²) in [5.41, 5.74) is 0.565. The predicted molar refractivity (Wildman–Crippen MR) is 90.6 cm³/mol. The molecule has 0 heterocycles. The lowest BCUT2D eigenvalue weighted by Crippen LogP contribution is -2.38. The highest BCUT2D eigenvalue weighted by Crippen LogP contribution is 2.18. The van der Waals surface area contributed by atoms with Crippen molar-refractivity contribution in [1.29, 1.82) is 0 Å². The summed E-state index contributed by atoms with van der Waals surface area (Å²) in [5.74, 6) is -2.28. The van der Waals surface area contributed by atoms with Crippen molar-refractivity contribution < 1.29 is 22.0 Å². The molecule has 2 aromatic carbocycles. The van der Waals surface area contributed by atoms with Crippen molar-refractivity contribution in [2.45, 2.75) is 18.7 Å². The molecule has 134 valence electrons. The van der Waals surface area contributed by atoms with Gasteiger partial charge in [0.2, 0.25) is 15.9 Å². The van der Waals surface area contributed by atoms with Gasteiger partial charge in [-0.25, -0.2) is 17.2 Å². The molecule has 0 aliphatic heterocycles. The molecular weight excluding hydrogens is 350 g/mol. The van der Waals surface area contributed by atoms with Crippen LogP contribution in [0.25, 0.3) is 0 Å². The summed E-state index contributed by atoms with van der Waals surface area (Å²) >= 11 is 0. The molecule has 0 fully saturated rings. The normalized spacial score (nSPS) is 11.6. The zero-order chi connectivity index (χ0) is 18.6. The number of carbonyl (C=O) groups excluding carboxylic acids is 1. The highest BCUT2D eigenvalue weighted by atomic mass is 32.2. The number of hydrogen-bond acceptors (Lipinski definition) is 3. The van der Waals surface area contributed by atoms with Crippen LogP contribution in [0.2, 0.25) is 0 Å². The second kappa shape index (κ2) is 7.71. The number of nitrogens with one attached hydrogen (secondary N) is 1. The number of hydrogen-bond donors (Lipinski definition) is 1. The molecule has 0 radical (unpaired) electrons. The van der Waals surface area contributed by atoms with E-state index in [4.69, 9.17) is 0 Å². The van der Waals surface area contributed by atoms with Gasteiger partial charge in [-0.1, -0.05) is 24.6 Å². The number of likely N-dealkylation sites (N-methyl/N-ethyl adjacent to an activating group) is 1. The Kier molecular flexibility index (Phi) is 5.86. The van der Waals surface area contributed by atoms with Crippen molar-refractivity contribution in [3.05, 3.63) is 59.7 Å². The SMILES string of the molecule is CCN(CC(=O)Nc1cc(F)ccc1F)S(=O)(=O)c1ccc(C)cc1. The number of benzene rings is 2. The van der Waals surface area contributed by atoms with Crippen LogP contribution in [0, 0.1) is 18.6 Å². The van der Waals surface area contributed by atoms with E-state index in [0.29, 0.717) is 0 Å². The molecule has 25 heavy (non-hydrogen) atoms. The van der Waals surface area contributed by atoms with E-state index >= 15 is 0 Å². The summed E-state index contributed by atoms with van der Waals surface area (Å²) in [4.78, 5) is 12.1. The van der Waals surface area contributed by atoms with E-state index in [1.807, 2.05) is 6.92 Å². The van der Waals surface area contributed by atoms with Crippen molar-refractivity contribution >= 4 is 21.6 Å². The average molecular weight is 368 g/mol. The van der Waals surface area contributed by atoms with Crippen LogP contribution in [0.1, 0.15) is 12.5 Å². The van der Waals surface area contributed by atoms with Crippen molar-refractivity contribution in [3.63, 3.8) is 0 Å². The van der Waals surface area contributed by atoms with Gasteiger partial charge in [0.15, 0.2) is 0 Å². The first-order chi connectivity index (χ1) is 11.7. The zero-order valence-corrected chi connectivity index (χ0v) is 14.6. The Morgan fingerprint density at radius 3 is 2.36 bits per heavy atom. The third kappa shape index (κ3) is 4.61. The molecule has 0 aromatic heterocycles. The van der Waals surface area contributed by atoms with Crippen molar-refractivity contribution in [2.75, 3.05) is 18.4 Å². The predicted octanol–water partition coefficient (Wildman–Crippen LogP) is 2.92. The zero-order valence-electron chi connectivity index (χ0n) is 13.8. The standard InChI is InChI=1S/C17H18F2N2O3S/c1-3-21(25(23,24)14-7-4-12(2)5-8-14)11-17(22)20-16-10-13(18)6-9-15(16)19/h4-10H,3,11H2,1-2H3,(H,20,22). The lowest BCUT2D eigenvalue weighted by Gasteiger charge is -2.20. The number of anilines is 1. The first-order valence-electron chi connectivity index (χ1n) is 7.55. The Morgan fingerprint density at radius 1 is 1.12 bits per heavy atom. The monoisotopic (exact) mass is 368 g/mol. The molecule has 0 atom stereocenters. The third-order valence-corrected chi connectivity index (χ3v) is 5.47. The molecule has 1 N–H and O–H groups in total. The quantitative estimate of drug-likeness (QED) is 0.853. The van der Waals surface area contributed by atoms with Crippen LogP contribution < -0.4 is 5.32 Å². The van der Waals surface area contributed by atoms with Gasteiger partial charge in [-0.3, -0.25) is 4.79 Å². The van der Waals surface area contributed by atoms with E-state index in [1.54, 1.807) is 19.1 Å². The van der Waals surface area contributed by atoms with Crippen LogP contribution >= 0.6 is 0 Å². The van der Waals surface area contributed by atoms with Crippen LogP contribution in [-0.4, -0.2) is 31.7 Å². The van der Waals surface area contributed by atoms with Crippen LogP contribution in [-0.2, 0) is 14.8 Å². The lowest BCUT2D eigenvalue weighted by molar-refractivity contribution is -0.116. The van der Waals surface area contributed by atoms with Crippen LogP contribution in [0.5, 0.6) is 0 Å². The maximum absolute atomic E-state index is 13.6. The molecule has 5 nitrogen and oxygen atoms in total. The molecule has 0 saturated carbocycles. The van der Waals surface area contributed by atoms with E-state index in [0.717, 1.165) is 28.1 Å². The Balaban J connectivity index is 2.16. The molecule has 1 amide bonds. The van der Waals surface area contributed by atoms with Gasteiger partial charge in [0.25, 0.3) is 0 Å². The smallest absolute Gasteiger partial charge is 0.243 e. The molecule has 2 rings (SSSR count). The fourth-order valence-corrected chi connectivity index (χ4v) is 3.57. The van der Waals surface area contributed by atoms with E-state index in [2.05, 4.69) is 5.32 Å². The van der Waals surface area contributed by atoms with Crippen LogP contribution in [0.4, 0.5) is 14.5 Å². The van der Waals surface area contributed by atoms with Crippen molar-refractivity contribution in [3.8, 4) is 0 Å². The molecular formula is C17H18F2N2O3S. The van der Waals surface area contributed by atoms with E-state index in [1.165, 1.54) is 12.1 Å². The minimum absolute atomic E-state index is 0.0509. The second-order valence-corrected chi connectivity index (χ2v) is 7.35. The van der Waals surface area contributed by atoms with Crippen molar-refractivity contribution in [1.82, 2.24) is 4.31 Å². The average Bonchev–Trinajstić information content (AvgIpc) is 2.56. The molecule has 0 aliphatic rings. The summed E-state index contributed by atoms with van der Waals surface area (Å²) in [5, 5.41) is 2.19. The number of nitrogens with zero attached hydrogens (tertiary/aromatic N) is 1. The minimum Gasteiger partial charge on any atom is -0.322 e. The van der Waals surface area contributed by atoms with Gasteiger partial charge in [-0.15, -0.1) is 0 Å². The number of sulfonamides is 1. The lowest BCUT2D eigenvalue weighted by atomic mass is 10.2. The van der Waals surface area contributed by atoms with E-state index < -0.39 is 34.1 Å². The summed E-state index contributed by atoms with van der Waals surface area (Å²) in [6, 6.07) is 8.86. The van der Waals surface area contributed by atoms with Gasteiger partial charge in [-0.2, -0.15) is 4.31 Å². The Morgan fingerprint density at radius 2 is 1.76 bits per heavy atom. The number of rotatable bonds is 6. The van der Waals surface area contributed by atoms with Crippen LogP contribution in [0.15, 0.2) is 47.4 Å². The third-order valence-electron chi connectivity index (χ3n) is 3.53. The Hall–Kier alpha value is -2.32. The summed E-state index contributed by atoms with van der Waals surface area (Å²) in [6.45, 7) is 2.95. The first kappa shape index (κ1) is 19.0. The molecule has 8 heteroatoms. The maximum Gasteiger partial charge on any atom is 0.243 e. The summed E-state index contributed by atoms with van der Waals surface area (Å²) in [6.07, 6.45) is 0. The van der Waals surface area contributed by atoms with Gasteiger partial charge in [0.05, 0.1) is 17.1 Å². The number of amides is 1. The number of aryl methyl sites for hydroxylation is 1. The Bertz CT molecular complexity index is 868. The summed E-state index contributed by atoms with van der Waals surface area (Å²) < 4.78 is 52.9. The van der Waals surface area contributed by atoms with Gasteiger partial charge in [-0.05, 0) is 31.2 Å². The summed E-state index contributed by atoms with van der Waals surface area (Å²) in [7, 11) is -3.87. The van der Waals surface area contributed by atoms with Gasteiger partial charge in [0.1, 0.15) is 11.6 Å². The molecule has 0 aliphatic carbocycles. The van der Waals surface area contributed by atoms with Crippen LogP contribution in [0.3, 0.4) is 0 Å². The van der Waals surface area contributed by atoms with Crippen molar-refractivity contribution in [2.24, 2.45) is 0 Å². The fraction of sp³-hybridized carbons (Fsp3) is 0.235. The van der Waals surface area contributed by atoms with Gasteiger partial charge >= 0.3 is 0 Å².